The molecule has 3 aromatic carbocycles. The number of anilines is 1. The summed E-state index contributed by atoms with van der Waals surface area (Å²) >= 11 is 0. The summed E-state index contributed by atoms with van der Waals surface area (Å²) in [5.41, 5.74) is 6.21. The van der Waals surface area contributed by atoms with E-state index in [1.165, 1.54) is 0 Å². The van der Waals surface area contributed by atoms with Crippen molar-refractivity contribution in [1.82, 2.24) is 10.1 Å². The molecule has 0 spiro atoms. The van der Waals surface area contributed by atoms with Crippen molar-refractivity contribution in [3.63, 3.8) is 0 Å². The molecule has 1 aromatic heterocycles. The van der Waals surface area contributed by atoms with Gasteiger partial charge in [0.15, 0.2) is 0 Å². The molecule has 0 radical (unpaired) electrons. The SMILES string of the molecule is Cc1cc(C)cc(NC(=O)CCc2nc(-c3ccc(-c4ccccc4)cc3)no2)c1. The fraction of sp³-hybridized carbons (Fsp3) is 0.160. The first-order valence-electron chi connectivity index (χ1n) is 9.93. The third-order valence-electron chi connectivity index (χ3n) is 4.79. The van der Waals surface area contributed by atoms with Gasteiger partial charge >= 0.3 is 0 Å². The van der Waals surface area contributed by atoms with Gasteiger partial charge in [0.05, 0.1) is 0 Å². The Morgan fingerprint density at radius 2 is 1.50 bits per heavy atom. The molecule has 1 N–H and O–H groups in total. The van der Waals surface area contributed by atoms with Gasteiger partial charge in [-0.05, 0) is 48.2 Å². The van der Waals surface area contributed by atoms with Gasteiger partial charge in [-0.1, -0.05) is 65.8 Å². The molecular formula is C25H23N3O2. The molecule has 0 fully saturated rings. The smallest absolute Gasteiger partial charge is 0.227 e. The molecular weight excluding hydrogens is 374 g/mol. The molecule has 150 valence electrons. The molecule has 5 nitrogen and oxygen atoms in total. The van der Waals surface area contributed by atoms with Crippen LogP contribution in [0.3, 0.4) is 0 Å². The van der Waals surface area contributed by atoms with Gasteiger partial charge in [-0.2, -0.15) is 4.98 Å². The number of amides is 1. The molecule has 0 bridgehead atoms. The highest BCUT2D eigenvalue weighted by atomic mass is 16.5. The van der Waals surface area contributed by atoms with Gasteiger partial charge in [0.1, 0.15) is 0 Å². The Balaban J connectivity index is 1.36. The number of hydrogen-bond acceptors (Lipinski definition) is 4. The molecule has 0 aliphatic rings. The predicted octanol–water partition coefficient (Wildman–Crippen LogP) is 5.59. The zero-order valence-electron chi connectivity index (χ0n) is 17.1. The zero-order valence-corrected chi connectivity index (χ0v) is 17.1. The summed E-state index contributed by atoms with van der Waals surface area (Å²) < 4.78 is 5.33. The largest absolute Gasteiger partial charge is 0.339 e. The van der Waals surface area contributed by atoms with Crippen molar-refractivity contribution in [2.45, 2.75) is 26.7 Å². The fourth-order valence-electron chi connectivity index (χ4n) is 3.41. The number of carbonyl (C=O) groups is 1. The van der Waals surface area contributed by atoms with E-state index in [0.717, 1.165) is 33.5 Å². The van der Waals surface area contributed by atoms with E-state index in [2.05, 4.69) is 33.7 Å². The van der Waals surface area contributed by atoms with E-state index in [1.807, 2.05) is 68.4 Å². The number of nitrogens with zero attached hydrogens (tertiary/aromatic N) is 2. The summed E-state index contributed by atoms with van der Waals surface area (Å²) in [6, 6.07) is 24.2. The second-order valence-electron chi connectivity index (χ2n) is 7.38. The van der Waals surface area contributed by atoms with Gasteiger partial charge in [0, 0.05) is 24.1 Å². The summed E-state index contributed by atoms with van der Waals surface area (Å²) in [5, 5.41) is 6.98. The molecule has 0 atom stereocenters. The number of benzene rings is 3. The standard InChI is InChI=1S/C25H23N3O2/c1-17-14-18(2)16-22(15-17)26-23(29)12-13-24-27-25(28-30-24)21-10-8-20(9-11-21)19-6-4-3-5-7-19/h3-11,14-16H,12-13H2,1-2H3,(H,26,29). The Bertz CT molecular complexity index is 1130. The first-order chi connectivity index (χ1) is 14.6. The lowest BCUT2D eigenvalue weighted by atomic mass is 10.0. The van der Waals surface area contributed by atoms with Crippen LogP contribution < -0.4 is 5.32 Å². The van der Waals surface area contributed by atoms with E-state index < -0.39 is 0 Å². The van der Waals surface area contributed by atoms with Crippen molar-refractivity contribution < 1.29 is 9.32 Å². The summed E-state index contributed by atoms with van der Waals surface area (Å²) in [5.74, 6) is 0.902. The first kappa shape index (κ1) is 19.6. The minimum atomic E-state index is -0.0769. The molecule has 1 amide bonds. The van der Waals surface area contributed by atoms with Crippen LogP contribution in [0.1, 0.15) is 23.4 Å². The highest BCUT2D eigenvalue weighted by molar-refractivity contribution is 5.91. The van der Waals surface area contributed by atoms with Crippen LogP contribution in [0.5, 0.6) is 0 Å². The number of carbonyl (C=O) groups excluding carboxylic acids is 1. The Kier molecular flexibility index (Phi) is 5.70. The number of aromatic nitrogens is 2. The maximum Gasteiger partial charge on any atom is 0.227 e. The van der Waals surface area contributed by atoms with Crippen LogP contribution in [0.15, 0.2) is 77.3 Å². The lowest BCUT2D eigenvalue weighted by Gasteiger charge is -2.06. The number of hydrogen-bond donors (Lipinski definition) is 1. The van der Waals surface area contributed by atoms with Gasteiger partial charge in [-0.25, -0.2) is 0 Å². The molecule has 30 heavy (non-hydrogen) atoms. The summed E-state index contributed by atoms with van der Waals surface area (Å²) in [4.78, 5) is 16.7. The quantitative estimate of drug-likeness (QED) is 0.460. The molecule has 0 aliphatic carbocycles. The topological polar surface area (TPSA) is 68.0 Å². The van der Waals surface area contributed by atoms with E-state index in [0.29, 0.717) is 18.1 Å². The minimum absolute atomic E-state index is 0.0769. The monoisotopic (exact) mass is 397 g/mol. The summed E-state index contributed by atoms with van der Waals surface area (Å²) in [7, 11) is 0. The highest BCUT2D eigenvalue weighted by Gasteiger charge is 2.11. The van der Waals surface area contributed by atoms with Crippen LogP contribution in [0.25, 0.3) is 22.5 Å². The number of aryl methyl sites for hydroxylation is 3. The van der Waals surface area contributed by atoms with Crippen molar-refractivity contribution in [2.75, 3.05) is 5.32 Å². The van der Waals surface area contributed by atoms with Crippen molar-refractivity contribution in [1.29, 1.82) is 0 Å². The van der Waals surface area contributed by atoms with Gasteiger partial charge in [-0.3, -0.25) is 4.79 Å². The normalized spacial score (nSPS) is 10.7. The Hall–Kier alpha value is -3.73. The molecule has 1 heterocycles. The Morgan fingerprint density at radius 1 is 0.867 bits per heavy atom. The van der Waals surface area contributed by atoms with Crippen molar-refractivity contribution in [3.05, 3.63) is 89.8 Å². The van der Waals surface area contributed by atoms with Crippen molar-refractivity contribution in [3.8, 4) is 22.5 Å². The van der Waals surface area contributed by atoms with Gasteiger partial charge in [0.2, 0.25) is 17.6 Å². The molecule has 0 unspecified atom stereocenters. The van der Waals surface area contributed by atoms with E-state index >= 15 is 0 Å². The van der Waals surface area contributed by atoms with Crippen molar-refractivity contribution in [2.24, 2.45) is 0 Å². The highest BCUT2D eigenvalue weighted by Crippen LogP contribution is 2.23. The predicted molar refractivity (Wildman–Crippen MR) is 118 cm³/mol. The van der Waals surface area contributed by atoms with Crippen LogP contribution in [0.4, 0.5) is 5.69 Å². The van der Waals surface area contributed by atoms with Crippen molar-refractivity contribution >= 4 is 11.6 Å². The Morgan fingerprint density at radius 3 is 2.20 bits per heavy atom. The lowest BCUT2D eigenvalue weighted by molar-refractivity contribution is -0.116. The third kappa shape index (κ3) is 4.81. The van der Waals surface area contributed by atoms with Crippen LogP contribution in [0.2, 0.25) is 0 Å². The Labute approximate surface area is 175 Å². The van der Waals surface area contributed by atoms with E-state index in [4.69, 9.17) is 4.52 Å². The number of rotatable bonds is 6. The van der Waals surface area contributed by atoms with Gasteiger partial charge < -0.3 is 9.84 Å². The van der Waals surface area contributed by atoms with Gasteiger partial charge in [0.25, 0.3) is 0 Å². The number of nitrogens with one attached hydrogen (secondary N) is 1. The average molecular weight is 397 g/mol. The molecule has 4 aromatic rings. The molecule has 0 aliphatic heterocycles. The molecule has 0 saturated carbocycles. The average Bonchev–Trinajstić information content (AvgIpc) is 3.21. The lowest BCUT2D eigenvalue weighted by Crippen LogP contribution is -2.12. The van der Waals surface area contributed by atoms with Crippen LogP contribution >= 0.6 is 0 Å². The van der Waals surface area contributed by atoms with E-state index in [9.17, 15) is 4.79 Å². The second-order valence-corrected chi connectivity index (χ2v) is 7.38. The first-order valence-corrected chi connectivity index (χ1v) is 9.93. The fourth-order valence-corrected chi connectivity index (χ4v) is 3.41. The van der Waals surface area contributed by atoms with Crippen LogP contribution in [-0.2, 0) is 11.2 Å². The van der Waals surface area contributed by atoms with E-state index in [-0.39, 0.29) is 12.3 Å². The van der Waals surface area contributed by atoms with Crippen LogP contribution in [-0.4, -0.2) is 16.0 Å². The molecule has 4 rings (SSSR count). The maximum absolute atomic E-state index is 12.3. The third-order valence-corrected chi connectivity index (χ3v) is 4.79. The maximum atomic E-state index is 12.3. The minimum Gasteiger partial charge on any atom is -0.339 e. The summed E-state index contributed by atoms with van der Waals surface area (Å²) in [6.45, 7) is 4.02. The second kappa shape index (κ2) is 8.74. The molecule has 5 heteroatoms. The zero-order chi connectivity index (χ0) is 20.9. The van der Waals surface area contributed by atoms with Crippen LogP contribution in [0, 0.1) is 13.8 Å². The van der Waals surface area contributed by atoms with E-state index in [1.54, 1.807) is 0 Å². The van der Waals surface area contributed by atoms with Gasteiger partial charge in [-0.15, -0.1) is 0 Å². The summed E-state index contributed by atoms with van der Waals surface area (Å²) in [6.07, 6.45) is 0.674. The molecule has 0 saturated heterocycles.